The van der Waals surface area contributed by atoms with Crippen LogP contribution < -0.4 is 0 Å². The minimum atomic E-state index is -3.64. The first kappa shape index (κ1) is 21.9. The van der Waals surface area contributed by atoms with Gasteiger partial charge in [-0.3, -0.25) is 0 Å². The highest BCUT2D eigenvalue weighted by Crippen LogP contribution is 2.14. The third kappa shape index (κ3) is 9.82. The Morgan fingerprint density at radius 2 is 1.18 bits per heavy atom. The van der Waals surface area contributed by atoms with Gasteiger partial charge in [-0.15, -0.1) is 0 Å². The van der Waals surface area contributed by atoms with E-state index in [1.165, 1.54) is 0 Å². The molecule has 9 heteroatoms. The van der Waals surface area contributed by atoms with Crippen molar-refractivity contribution in [2.75, 3.05) is 46.1 Å². The van der Waals surface area contributed by atoms with Gasteiger partial charge in [-0.1, -0.05) is 13.8 Å². The van der Waals surface area contributed by atoms with E-state index in [1.54, 1.807) is 20.8 Å². The maximum Gasteiger partial charge on any atom is 0.764 e. The van der Waals surface area contributed by atoms with Gasteiger partial charge in [0.15, 0.2) is 0 Å². The van der Waals surface area contributed by atoms with Crippen molar-refractivity contribution in [2.24, 2.45) is 0 Å². The predicted octanol–water partition coefficient (Wildman–Crippen LogP) is 2.07. The molecule has 0 spiro atoms. The van der Waals surface area contributed by atoms with Gasteiger partial charge in [-0.25, -0.2) is 14.7 Å². The monoisotopic (exact) mass is 341 g/mol. The molecule has 0 aliphatic rings. The molecule has 0 atom stereocenters. The van der Waals surface area contributed by atoms with Gasteiger partial charge in [-0.2, -0.15) is 13.7 Å². The summed E-state index contributed by atoms with van der Waals surface area (Å²) < 4.78 is 21.1. The minimum absolute atomic E-state index is 0.322. The largest absolute Gasteiger partial charge is 0.764 e. The molecule has 0 saturated carbocycles. The second-order valence-electron chi connectivity index (χ2n) is 4.20. The third-order valence-corrected chi connectivity index (χ3v) is 4.15. The van der Waals surface area contributed by atoms with E-state index in [0.717, 1.165) is 26.1 Å². The topological polar surface area (TPSA) is 67.9 Å². The zero-order valence-electron chi connectivity index (χ0n) is 14.5. The van der Waals surface area contributed by atoms with Crippen LogP contribution >= 0.6 is 0 Å². The van der Waals surface area contributed by atoms with Crippen molar-refractivity contribution >= 4 is 9.05 Å². The van der Waals surface area contributed by atoms with Gasteiger partial charge >= 0.3 is 9.05 Å². The Morgan fingerprint density at radius 1 is 0.727 bits per heavy atom. The first-order chi connectivity index (χ1) is 10.7. The maximum atomic E-state index is 5.65. The van der Waals surface area contributed by atoms with Crippen LogP contribution in [0.5, 0.6) is 0 Å². The summed E-state index contributed by atoms with van der Waals surface area (Å²) in [5, 5.41) is 0. The van der Waals surface area contributed by atoms with Gasteiger partial charge in [0, 0.05) is 13.2 Å². The molecular formula is C13H31NO7Si. The molecule has 0 aromatic carbocycles. The maximum absolute atomic E-state index is 5.65. The van der Waals surface area contributed by atoms with Crippen molar-refractivity contribution in [1.29, 1.82) is 0 Å². The predicted molar refractivity (Wildman–Crippen MR) is 82.2 cm³/mol. The van der Waals surface area contributed by atoms with Crippen LogP contribution in [0.1, 0.15) is 41.0 Å². The van der Waals surface area contributed by atoms with E-state index in [-0.39, 0.29) is 0 Å². The molecule has 8 nitrogen and oxygen atoms in total. The van der Waals surface area contributed by atoms with Gasteiger partial charge in [-0.05, 0) is 40.3 Å². The van der Waals surface area contributed by atoms with Gasteiger partial charge in [0.1, 0.15) is 0 Å². The Labute approximate surface area is 134 Å². The summed E-state index contributed by atoms with van der Waals surface area (Å²) in [5.41, 5.74) is 0. The summed E-state index contributed by atoms with van der Waals surface area (Å²) in [7, 11) is -3.64. The summed E-state index contributed by atoms with van der Waals surface area (Å²) in [5.74, 6) is 0. The van der Waals surface area contributed by atoms with Crippen LogP contribution in [0.15, 0.2) is 0 Å². The fourth-order valence-corrected chi connectivity index (χ4v) is 2.94. The molecule has 0 aliphatic carbocycles. The van der Waals surface area contributed by atoms with Crippen LogP contribution in [0.2, 0.25) is 0 Å². The van der Waals surface area contributed by atoms with E-state index >= 15 is 0 Å². The fourth-order valence-electron chi connectivity index (χ4n) is 1.53. The van der Waals surface area contributed by atoms with E-state index in [0.29, 0.717) is 26.4 Å². The lowest BCUT2D eigenvalue weighted by atomic mass is 10.4. The molecule has 0 saturated heterocycles. The van der Waals surface area contributed by atoms with Crippen molar-refractivity contribution in [3.8, 4) is 0 Å². The first-order valence-corrected chi connectivity index (χ1v) is 9.59. The Morgan fingerprint density at radius 3 is 1.55 bits per heavy atom. The second-order valence-corrected chi connectivity index (χ2v) is 5.99. The van der Waals surface area contributed by atoms with Gasteiger partial charge in [0.2, 0.25) is 0 Å². The molecule has 0 fully saturated rings. The molecule has 0 aromatic rings. The van der Waals surface area contributed by atoms with E-state index in [2.05, 4.69) is 18.7 Å². The third-order valence-electron chi connectivity index (χ3n) is 2.63. The first-order valence-electron chi connectivity index (χ1n) is 7.96. The molecule has 134 valence electrons. The van der Waals surface area contributed by atoms with Crippen molar-refractivity contribution in [3.05, 3.63) is 0 Å². The van der Waals surface area contributed by atoms with Crippen molar-refractivity contribution in [3.63, 3.8) is 0 Å². The highest BCUT2D eigenvalue weighted by Gasteiger charge is 2.52. The van der Waals surface area contributed by atoms with Crippen LogP contribution in [-0.2, 0) is 32.8 Å². The Kier molecular flexibility index (Phi) is 14.4. The highest BCUT2D eigenvalue weighted by atomic mass is 28.4. The molecule has 0 radical (unpaired) electrons. The van der Waals surface area contributed by atoms with E-state index in [4.69, 9.17) is 32.8 Å². The van der Waals surface area contributed by atoms with Crippen LogP contribution in [0, 0.1) is 0 Å². The summed E-state index contributed by atoms with van der Waals surface area (Å²) in [4.78, 5) is 17.1. The zero-order chi connectivity index (χ0) is 16.7. The van der Waals surface area contributed by atoms with E-state index in [1.807, 2.05) is 0 Å². The fraction of sp³-hybridized carbons (Fsp3) is 1.00. The molecule has 22 heavy (non-hydrogen) atoms. The van der Waals surface area contributed by atoms with Gasteiger partial charge in [0.25, 0.3) is 0 Å². The molecule has 0 rings (SSSR count). The van der Waals surface area contributed by atoms with Gasteiger partial charge < -0.3 is 9.33 Å². The van der Waals surface area contributed by atoms with Crippen LogP contribution in [0.4, 0.5) is 0 Å². The number of nitrogens with zero attached hydrogens (tertiary/aromatic N) is 1. The average Bonchev–Trinajstić information content (AvgIpc) is 2.56. The molecule has 0 bridgehead atoms. The van der Waals surface area contributed by atoms with Crippen LogP contribution in [0.25, 0.3) is 0 Å². The normalized spacial score (nSPS) is 12.3. The summed E-state index contributed by atoms with van der Waals surface area (Å²) in [6.45, 7) is 13.8. The second kappa shape index (κ2) is 14.5. The summed E-state index contributed by atoms with van der Waals surface area (Å²) in [6.07, 6.45) is 0.802. The molecule has 0 aliphatic heterocycles. The molecular weight excluding hydrogens is 310 g/mol. The Balaban J connectivity index is 4.44. The van der Waals surface area contributed by atoms with E-state index < -0.39 is 9.05 Å². The van der Waals surface area contributed by atoms with Crippen LogP contribution in [0.3, 0.4) is 0 Å². The SMILES string of the molecule is CCOO[Si](OCCCN(CC)CC)(OOCC)OOCC. The van der Waals surface area contributed by atoms with E-state index in [9.17, 15) is 0 Å². The lowest BCUT2D eigenvalue weighted by Crippen LogP contribution is -2.49. The zero-order valence-corrected chi connectivity index (χ0v) is 15.5. The molecule has 0 N–H and O–H groups in total. The molecule has 0 heterocycles. The lowest BCUT2D eigenvalue weighted by molar-refractivity contribution is -0.385. The lowest BCUT2D eigenvalue weighted by Gasteiger charge is -2.24. The number of rotatable bonds is 16. The summed E-state index contributed by atoms with van der Waals surface area (Å²) in [6, 6.07) is 0. The molecule has 0 aromatic heterocycles. The molecule has 0 amide bonds. The number of hydrogen-bond acceptors (Lipinski definition) is 8. The molecule has 0 unspecified atom stereocenters. The standard InChI is InChI=1S/C13H31NO7Si/c1-6-14(7-2)12-11-13-18-22(19-15-8-3,20-16-9-4)21-17-10-5/h6-13H2,1-5H3. The number of hydrogen-bond donors (Lipinski definition) is 0. The van der Waals surface area contributed by atoms with Crippen LogP contribution in [-0.4, -0.2) is 60.0 Å². The summed E-state index contributed by atoms with van der Waals surface area (Å²) >= 11 is 0. The Bertz CT molecular complexity index is 223. The minimum Gasteiger partial charge on any atom is -0.347 e. The highest BCUT2D eigenvalue weighted by molar-refractivity contribution is 6.52. The smallest absolute Gasteiger partial charge is 0.347 e. The van der Waals surface area contributed by atoms with Crippen molar-refractivity contribution in [1.82, 2.24) is 4.90 Å². The van der Waals surface area contributed by atoms with Crippen molar-refractivity contribution < 1.29 is 32.8 Å². The van der Waals surface area contributed by atoms with Gasteiger partial charge in [0.05, 0.1) is 19.8 Å². The average molecular weight is 341 g/mol. The van der Waals surface area contributed by atoms with Crippen molar-refractivity contribution in [2.45, 2.75) is 41.0 Å². The quantitative estimate of drug-likeness (QED) is 0.183. The Hall–Kier alpha value is -0.103.